The van der Waals surface area contributed by atoms with Gasteiger partial charge in [0.25, 0.3) is 5.91 Å². The Morgan fingerprint density at radius 1 is 1.26 bits per heavy atom. The summed E-state index contributed by atoms with van der Waals surface area (Å²) >= 11 is 7.37. The normalized spacial score (nSPS) is 15.0. The molecule has 0 saturated carbocycles. The minimum atomic E-state index is -1.10. The number of hydrogen-bond acceptors (Lipinski definition) is 9. The van der Waals surface area contributed by atoms with Crippen molar-refractivity contribution in [2.24, 2.45) is 0 Å². The Morgan fingerprint density at radius 2 is 2.00 bits per heavy atom. The van der Waals surface area contributed by atoms with Gasteiger partial charge in [-0.3, -0.25) is 4.79 Å². The third-order valence-corrected chi connectivity index (χ3v) is 6.78. The van der Waals surface area contributed by atoms with Crippen molar-refractivity contribution in [2.45, 2.75) is 13.8 Å². The van der Waals surface area contributed by atoms with Crippen LogP contribution in [0.15, 0.2) is 30.5 Å². The van der Waals surface area contributed by atoms with Gasteiger partial charge in [0.05, 0.1) is 43.1 Å². The SMILES string of the molecule is Cc1nc(Nc2ncc(C(=O)Nc3c(C)cccc3Cl)s2)cc(N2CC[N+]([O-])(CC(=O)O)CC2)n1. The number of nitrogens with one attached hydrogen (secondary N) is 2. The van der Waals surface area contributed by atoms with Crippen LogP contribution in [-0.4, -0.2) is 69.3 Å². The third kappa shape index (κ3) is 6.03. The minimum Gasteiger partial charge on any atom is -0.632 e. The van der Waals surface area contributed by atoms with Gasteiger partial charge in [-0.2, -0.15) is 0 Å². The summed E-state index contributed by atoms with van der Waals surface area (Å²) in [5.74, 6) is 0.226. The number of aliphatic carboxylic acids is 1. The summed E-state index contributed by atoms with van der Waals surface area (Å²) in [6.45, 7) is 4.26. The average Bonchev–Trinajstić information content (AvgIpc) is 3.24. The lowest BCUT2D eigenvalue weighted by molar-refractivity contribution is -0.873. The lowest BCUT2D eigenvalue weighted by Crippen LogP contribution is -2.58. The van der Waals surface area contributed by atoms with Crippen LogP contribution in [-0.2, 0) is 4.79 Å². The van der Waals surface area contributed by atoms with Crippen molar-refractivity contribution in [3.05, 3.63) is 57.0 Å². The van der Waals surface area contributed by atoms with Crippen LogP contribution >= 0.6 is 22.9 Å². The molecule has 0 spiro atoms. The molecule has 1 saturated heterocycles. The van der Waals surface area contributed by atoms with Gasteiger partial charge in [-0.1, -0.05) is 35.1 Å². The molecule has 3 heterocycles. The Labute approximate surface area is 210 Å². The molecule has 0 bridgehead atoms. The summed E-state index contributed by atoms with van der Waals surface area (Å²) in [5, 5.41) is 28.4. The first-order valence-electron chi connectivity index (χ1n) is 10.8. The van der Waals surface area contributed by atoms with Crippen LogP contribution in [0.5, 0.6) is 0 Å². The fourth-order valence-electron chi connectivity index (χ4n) is 3.75. The number of hydrogen-bond donors (Lipinski definition) is 3. The average molecular weight is 518 g/mol. The molecule has 1 aromatic carbocycles. The quantitative estimate of drug-likeness (QED) is 0.317. The number of aromatic nitrogens is 3. The lowest BCUT2D eigenvalue weighted by Gasteiger charge is -2.47. The zero-order valence-corrected chi connectivity index (χ0v) is 20.7. The predicted molar refractivity (Wildman–Crippen MR) is 134 cm³/mol. The Kier molecular flexibility index (Phi) is 7.17. The topological polar surface area (TPSA) is 143 Å². The van der Waals surface area contributed by atoms with Gasteiger partial charge >= 0.3 is 5.97 Å². The van der Waals surface area contributed by atoms with Gasteiger partial charge in [0, 0.05) is 6.07 Å². The predicted octanol–water partition coefficient (Wildman–Crippen LogP) is 3.42. The maximum absolute atomic E-state index is 12.7. The number of carboxylic acids is 1. The van der Waals surface area contributed by atoms with Crippen molar-refractivity contribution in [3.63, 3.8) is 0 Å². The highest BCUT2D eigenvalue weighted by Gasteiger charge is 2.28. The molecule has 0 aliphatic carbocycles. The van der Waals surface area contributed by atoms with Crippen molar-refractivity contribution < 1.29 is 19.3 Å². The maximum atomic E-state index is 12.7. The number of para-hydroxylation sites is 1. The molecule has 13 heteroatoms. The summed E-state index contributed by atoms with van der Waals surface area (Å²) in [5.41, 5.74) is 1.41. The number of quaternary nitrogens is 1. The number of aryl methyl sites for hydroxylation is 2. The lowest BCUT2D eigenvalue weighted by atomic mass is 10.2. The van der Waals surface area contributed by atoms with E-state index in [1.807, 2.05) is 24.0 Å². The summed E-state index contributed by atoms with van der Waals surface area (Å²) in [6, 6.07) is 7.13. The van der Waals surface area contributed by atoms with Crippen molar-refractivity contribution in [1.29, 1.82) is 0 Å². The van der Waals surface area contributed by atoms with E-state index in [1.165, 1.54) is 17.5 Å². The van der Waals surface area contributed by atoms with Crippen LogP contribution in [0.25, 0.3) is 0 Å². The molecule has 1 aliphatic heterocycles. The van der Waals surface area contributed by atoms with Gasteiger partial charge in [0.2, 0.25) is 0 Å². The highest BCUT2D eigenvalue weighted by molar-refractivity contribution is 7.17. The van der Waals surface area contributed by atoms with Crippen molar-refractivity contribution >= 4 is 57.3 Å². The molecule has 1 fully saturated rings. The van der Waals surface area contributed by atoms with Gasteiger partial charge in [-0.05, 0) is 25.5 Å². The number of amides is 1. The highest BCUT2D eigenvalue weighted by atomic mass is 35.5. The largest absolute Gasteiger partial charge is 0.632 e. The van der Waals surface area contributed by atoms with Crippen LogP contribution in [0.1, 0.15) is 21.1 Å². The maximum Gasteiger partial charge on any atom is 0.359 e. The van der Waals surface area contributed by atoms with E-state index in [0.717, 1.165) is 5.56 Å². The number of halogens is 1. The Bertz CT molecular complexity index is 1240. The third-order valence-electron chi connectivity index (χ3n) is 5.55. The van der Waals surface area contributed by atoms with E-state index in [9.17, 15) is 14.8 Å². The molecule has 1 aliphatic rings. The molecule has 1 amide bonds. The number of anilines is 4. The number of carbonyl (C=O) groups is 2. The summed E-state index contributed by atoms with van der Waals surface area (Å²) in [6.07, 6.45) is 1.47. The Morgan fingerprint density at radius 3 is 2.69 bits per heavy atom. The van der Waals surface area contributed by atoms with E-state index in [-0.39, 0.29) is 19.0 Å². The van der Waals surface area contributed by atoms with Crippen molar-refractivity contribution in [3.8, 4) is 0 Å². The number of benzene rings is 1. The first-order chi connectivity index (χ1) is 16.6. The number of carboxylic acid groups (broad SMARTS) is 1. The van der Waals surface area contributed by atoms with Crippen LogP contribution in [0.4, 0.5) is 22.5 Å². The van der Waals surface area contributed by atoms with E-state index >= 15 is 0 Å². The highest BCUT2D eigenvalue weighted by Crippen LogP contribution is 2.28. The van der Waals surface area contributed by atoms with Crippen LogP contribution in [0.3, 0.4) is 0 Å². The van der Waals surface area contributed by atoms with Gasteiger partial charge in [-0.15, -0.1) is 0 Å². The van der Waals surface area contributed by atoms with Gasteiger partial charge < -0.3 is 30.5 Å². The zero-order valence-electron chi connectivity index (χ0n) is 19.1. The summed E-state index contributed by atoms with van der Waals surface area (Å²) in [7, 11) is 0. The van der Waals surface area contributed by atoms with Crippen molar-refractivity contribution in [2.75, 3.05) is 48.3 Å². The standard InChI is InChI=1S/C22H24ClN7O4S/c1-13-4-3-5-15(23)20(13)28-21(33)16-11-24-22(35-16)27-17-10-18(26-14(2)25-17)29-6-8-30(34,9-7-29)12-19(31)32/h3-5,10-11H,6-9,12H2,1-2H3,(H,28,33)(H,31,32)(H,24,25,26,27). The number of hydroxylamine groups is 3. The molecule has 3 aromatic rings. The molecule has 0 unspecified atom stereocenters. The van der Waals surface area contributed by atoms with Gasteiger partial charge in [0.15, 0.2) is 11.7 Å². The molecule has 11 nitrogen and oxygen atoms in total. The fraction of sp³-hybridized carbons (Fsp3) is 0.318. The Hall–Kier alpha value is -3.32. The second kappa shape index (κ2) is 10.1. The van der Waals surface area contributed by atoms with E-state index in [1.54, 1.807) is 19.1 Å². The van der Waals surface area contributed by atoms with Crippen LogP contribution < -0.4 is 15.5 Å². The molecule has 3 N–H and O–H groups in total. The first kappa shape index (κ1) is 24.8. The molecule has 0 radical (unpaired) electrons. The van der Waals surface area contributed by atoms with E-state index in [2.05, 4.69) is 25.6 Å². The monoisotopic (exact) mass is 517 g/mol. The van der Waals surface area contributed by atoms with E-state index < -0.39 is 17.2 Å². The van der Waals surface area contributed by atoms with Crippen LogP contribution in [0.2, 0.25) is 5.02 Å². The van der Waals surface area contributed by atoms with Crippen molar-refractivity contribution in [1.82, 2.24) is 15.0 Å². The molecule has 0 atom stereocenters. The van der Waals surface area contributed by atoms with E-state index in [4.69, 9.17) is 16.7 Å². The van der Waals surface area contributed by atoms with Gasteiger partial charge in [-0.25, -0.2) is 19.7 Å². The fourth-order valence-corrected chi connectivity index (χ4v) is 4.74. The Balaban J connectivity index is 1.43. The minimum absolute atomic E-state index is 0.161. The number of rotatable bonds is 7. The van der Waals surface area contributed by atoms with E-state index in [0.29, 0.717) is 51.3 Å². The zero-order chi connectivity index (χ0) is 25.2. The van der Waals surface area contributed by atoms with Crippen LogP contribution in [0, 0.1) is 19.1 Å². The molecule has 4 rings (SSSR count). The smallest absolute Gasteiger partial charge is 0.359 e. The first-order valence-corrected chi connectivity index (χ1v) is 12.0. The summed E-state index contributed by atoms with van der Waals surface area (Å²) in [4.78, 5) is 39.1. The number of thiazole rings is 1. The number of nitrogens with zero attached hydrogens (tertiary/aromatic N) is 5. The molecule has 184 valence electrons. The second-order valence-corrected chi connectivity index (χ2v) is 9.68. The summed E-state index contributed by atoms with van der Waals surface area (Å²) < 4.78 is -0.751. The molecule has 35 heavy (non-hydrogen) atoms. The molecular formula is C22H24ClN7O4S. The number of carbonyl (C=O) groups excluding carboxylic acids is 1. The second-order valence-electron chi connectivity index (χ2n) is 8.24. The number of piperazine rings is 1. The molecular weight excluding hydrogens is 494 g/mol. The molecule has 2 aromatic heterocycles. The van der Waals surface area contributed by atoms with Gasteiger partial charge in [0.1, 0.15) is 22.3 Å².